The lowest BCUT2D eigenvalue weighted by Crippen LogP contribution is -2.65. The molecule has 14 nitrogen and oxygen atoms in total. The summed E-state index contributed by atoms with van der Waals surface area (Å²) < 4.78 is 30.3. The van der Waals surface area contributed by atoms with E-state index >= 15 is 0 Å². The van der Waals surface area contributed by atoms with Crippen LogP contribution >= 0.6 is 0 Å². The SMILES string of the molecule is COc1c(C[C@H](NC(=O)c2ccc(CN(C)C)c(NC(=O)[C@@H](N)CNC(=O)OC(C)(C)C)c2)B2OC3CC4CC(C4(C)C)C3(C)O2)cccc1C(=O)OC(C)(C)C. The summed E-state index contributed by atoms with van der Waals surface area (Å²) >= 11 is 0. The number of anilines is 1. The molecule has 2 aromatic rings. The second-order valence-corrected chi connectivity index (χ2v) is 18.7. The van der Waals surface area contributed by atoms with Crippen molar-refractivity contribution in [1.29, 1.82) is 0 Å². The van der Waals surface area contributed by atoms with Crippen LogP contribution in [0.5, 0.6) is 5.75 Å². The van der Waals surface area contributed by atoms with Crippen molar-refractivity contribution in [1.82, 2.24) is 15.5 Å². The van der Waals surface area contributed by atoms with Gasteiger partial charge in [-0.1, -0.05) is 32.0 Å². The predicted octanol–water partition coefficient (Wildman–Crippen LogP) is 5.11. The van der Waals surface area contributed by atoms with Gasteiger partial charge in [0, 0.05) is 24.3 Å². The molecule has 2 bridgehead atoms. The summed E-state index contributed by atoms with van der Waals surface area (Å²) in [5.74, 6) is -1.06. The molecule has 3 aliphatic carbocycles. The highest BCUT2D eigenvalue weighted by Crippen LogP contribution is 2.65. The lowest BCUT2D eigenvalue weighted by Gasteiger charge is -2.64. The molecule has 1 saturated heterocycles. The van der Waals surface area contributed by atoms with Crippen LogP contribution in [0.3, 0.4) is 0 Å². The van der Waals surface area contributed by atoms with Crippen molar-refractivity contribution in [3.8, 4) is 5.75 Å². The number of nitrogens with two attached hydrogens (primary N) is 1. The highest BCUT2D eigenvalue weighted by molar-refractivity contribution is 6.48. The molecule has 0 aromatic heterocycles. The molecule has 2 aromatic carbocycles. The molecule has 4 unspecified atom stereocenters. The van der Waals surface area contributed by atoms with Crippen molar-refractivity contribution in [2.24, 2.45) is 23.0 Å². The van der Waals surface area contributed by atoms with Crippen LogP contribution in [0.15, 0.2) is 36.4 Å². The molecule has 57 heavy (non-hydrogen) atoms. The molecule has 4 aliphatic rings. The van der Waals surface area contributed by atoms with Gasteiger partial charge in [0.2, 0.25) is 5.91 Å². The first-order valence-corrected chi connectivity index (χ1v) is 19.8. The van der Waals surface area contributed by atoms with Gasteiger partial charge in [-0.3, -0.25) is 9.59 Å². The fourth-order valence-electron chi connectivity index (χ4n) is 8.39. The van der Waals surface area contributed by atoms with E-state index in [0.29, 0.717) is 35.4 Å². The second-order valence-electron chi connectivity index (χ2n) is 18.7. The van der Waals surface area contributed by atoms with Gasteiger partial charge >= 0.3 is 19.2 Å². The molecule has 15 heteroatoms. The Morgan fingerprint density at radius 3 is 2.28 bits per heavy atom. The molecule has 3 amide bonds. The third-order valence-electron chi connectivity index (χ3n) is 11.3. The first kappa shape index (κ1) is 43.9. The van der Waals surface area contributed by atoms with Gasteiger partial charge in [-0.25, -0.2) is 9.59 Å². The quantitative estimate of drug-likeness (QED) is 0.157. The summed E-state index contributed by atoms with van der Waals surface area (Å²) in [6.45, 7) is 17.6. The molecule has 1 heterocycles. The molecule has 0 radical (unpaired) electrons. The van der Waals surface area contributed by atoms with Crippen LogP contribution in [0.25, 0.3) is 0 Å². The van der Waals surface area contributed by atoms with Crippen LogP contribution in [0.4, 0.5) is 10.5 Å². The topological polar surface area (TPSA) is 180 Å². The number of ether oxygens (including phenoxy) is 3. The Morgan fingerprint density at radius 1 is 0.982 bits per heavy atom. The molecular formula is C42H62BN5O9. The minimum Gasteiger partial charge on any atom is -0.496 e. The molecule has 0 spiro atoms. The van der Waals surface area contributed by atoms with Crippen LogP contribution in [0, 0.1) is 17.3 Å². The van der Waals surface area contributed by atoms with Gasteiger partial charge in [0.25, 0.3) is 5.91 Å². The number of carbonyl (C=O) groups excluding carboxylic acids is 4. The zero-order valence-corrected chi connectivity index (χ0v) is 35.7. The molecule has 4 fully saturated rings. The monoisotopic (exact) mass is 791 g/mol. The van der Waals surface area contributed by atoms with E-state index in [1.807, 2.05) is 25.1 Å². The molecule has 312 valence electrons. The number of hydrogen-bond donors (Lipinski definition) is 4. The summed E-state index contributed by atoms with van der Waals surface area (Å²) in [7, 11) is 4.48. The van der Waals surface area contributed by atoms with E-state index in [1.165, 1.54) is 7.11 Å². The maximum absolute atomic E-state index is 14.3. The van der Waals surface area contributed by atoms with Crippen LogP contribution < -0.4 is 26.4 Å². The normalized spacial score (nSPS) is 23.4. The number of amides is 3. The number of carbonyl (C=O) groups is 4. The summed E-state index contributed by atoms with van der Waals surface area (Å²) in [5.41, 5.74) is 6.65. The highest BCUT2D eigenvalue weighted by atomic mass is 16.7. The van der Waals surface area contributed by atoms with Crippen LogP contribution in [-0.2, 0) is 36.5 Å². The van der Waals surface area contributed by atoms with Crippen LogP contribution in [-0.4, -0.2) is 98.5 Å². The summed E-state index contributed by atoms with van der Waals surface area (Å²) in [4.78, 5) is 55.0. The Bertz CT molecular complexity index is 1840. The average Bonchev–Trinajstić information content (AvgIpc) is 3.46. The fraction of sp³-hybridized carbons (Fsp3) is 0.619. The lowest BCUT2D eigenvalue weighted by atomic mass is 9.43. The molecule has 6 rings (SSSR count). The number of hydrogen-bond acceptors (Lipinski definition) is 11. The van der Waals surface area contributed by atoms with Gasteiger partial charge in [0.05, 0.1) is 24.8 Å². The van der Waals surface area contributed by atoms with Crippen molar-refractivity contribution in [3.05, 3.63) is 58.7 Å². The number of alkyl carbamates (subject to hydrolysis) is 1. The van der Waals surface area contributed by atoms with Gasteiger partial charge in [-0.15, -0.1) is 0 Å². The molecule has 3 saturated carbocycles. The smallest absolute Gasteiger partial charge is 0.482 e. The van der Waals surface area contributed by atoms with Crippen molar-refractivity contribution in [2.45, 2.75) is 123 Å². The van der Waals surface area contributed by atoms with E-state index in [-0.39, 0.29) is 35.6 Å². The number of nitrogens with zero attached hydrogens (tertiary/aromatic N) is 1. The van der Waals surface area contributed by atoms with Crippen LogP contribution in [0.1, 0.15) is 107 Å². The van der Waals surface area contributed by atoms with E-state index in [2.05, 4.69) is 36.7 Å². The predicted molar refractivity (Wildman–Crippen MR) is 218 cm³/mol. The first-order valence-electron chi connectivity index (χ1n) is 19.8. The maximum Gasteiger partial charge on any atom is 0.482 e. The Hall–Kier alpha value is -4.18. The third-order valence-corrected chi connectivity index (χ3v) is 11.3. The van der Waals surface area contributed by atoms with Gasteiger partial charge in [-0.2, -0.15) is 0 Å². The largest absolute Gasteiger partial charge is 0.496 e. The van der Waals surface area contributed by atoms with Crippen molar-refractivity contribution in [2.75, 3.05) is 33.1 Å². The Labute approximate surface area is 337 Å². The van der Waals surface area contributed by atoms with E-state index in [4.69, 9.17) is 29.3 Å². The number of rotatable bonds is 13. The van der Waals surface area contributed by atoms with Gasteiger partial charge in [0.1, 0.15) is 28.6 Å². The van der Waals surface area contributed by atoms with Crippen LogP contribution in [0.2, 0.25) is 0 Å². The molecular weight excluding hydrogens is 729 g/mol. The van der Waals surface area contributed by atoms with E-state index < -0.39 is 59.8 Å². The minimum atomic E-state index is -1.10. The minimum absolute atomic E-state index is 0.108. The Morgan fingerprint density at radius 2 is 1.67 bits per heavy atom. The number of methoxy groups -OCH3 is 1. The highest BCUT2D eigenvalue weighted by Gasteiger charge is 2.68. The lowest BCUT2D eigenvalue weighted by molar-refractivity contribution is -0.199. The first-order chi connectivity index (χ1) is 26.4. The standard InChI is InChI=1S/C42H62BN5O9/c1-39(2,3)54-37(51)28-15-13-14-24(34(28)53-12)19-33(43-56-32-21-27-20-31(41(27,7)8)42(32,9)57-43)47-35(49)25-16-17-26(23-48(10)11)30(18-25)46-36(50)29(44)22-45-38(52)55-40(4,5)6/h13-18,27,29,31-33H,19-23,44H2,1-12H3,(H,45,52)(H,46,50)(H,47,49)/t27?,29-,31?,32?,33-,42?/m0/s1. The summed E-state index contributed by atoms with van der Waals surface area (Å²) in [6, 6.07) is 9.25. The molecule has 5 N–H and O–H groups in total. The number of para-hydroxylation sites is 1. The van der Waals surface area contributed by atoms with Crippen molar-refractivity contribution in [3.63, 3.8) is 0 Å². The van der Waals surface area contributed by atoms with Crippen molar-refractivity contribution < 1.29 is 42.7 Å². The number of nitrogens with one attached hydrogen (secondary N) is 3. The maximum atomic E-state index is 14.3. The Kier molecular flexibility index (Phi) is 12.8. The molecule has 1 aliphatic heterocycles. The zero-order valence-electron chi connectivity index (χ0n) is 35.7. The van der Waals surface area contributed by atoms with Gasteiger partial charge < -0.3 is 50.1 Å². The van der Waals surface area contributed by atoms with E-state index in [9.17, 15) is 19.2 Å². The Balaban J connectivity index is 1.42. The number of benzene rings is 2. The summed E-state index contributed by atoms with van der Waals surface area (Å²) in [5, 5.41) is 8.58. The van der Waals surface area contributed by atoms with E-state index in [0.717, 1.165) is 18.4 Å². The second kappa shape index (κ2) is 16.6. The van der Waals surface area contributed by atoms with E-state index in [1.54, 1.807) is 71.9 Å². The fourth-order valence-corrected chi connectivity index (χ4v) is 8.39. The molecule has 6 atom stereocenters. The number of esters is 1. The van der Waals surface area contributed by atoms with Gasteiger partial charge in [0.15, 0.2) is 0 Å². The average molecular weight is 792 g/mol. The summed E-state index contributed by atoms with van der Waals surface area (Å²) in [6.07, 6.45) is 1.30. The zero-order chi connectivity index (χ0) is 42.2. The third kappa shape index (κ3) is 10.1. The van der Waals surface area contributed by atoms with Gasteiger partial charge in [-0.05, 0) is 128 Å². The van der Waals surface area contributed by atoms with Crippen molar-refractivity contribution >= 4 is 36.7 Å².